The van der Waals surface area contributed by atoms with Crippen LogP contribution in [0.1, 0.15) is 37.0 Å². The molecule has 0 atom stereocenters. The topological polar surface area (TPSA) is 139 Å². The average Bonchev–Trinajstić information content (AvgIpc) is 3.56. The van der Waals surface area contributed by atoms with Gasteiger partial charge in [0.1, 0.15) is 23.5 Å². The molecule has 0 saturated heterocycles. The van der Waals surface area contributed by atoms with Crippen molar-refractivity contribution in [2.45, 2.75) is 26.2 Å². The van der Waals surface area contributed by atoms with Gasteiger partial charge in [0.2, 0.25) is 0 Å². The summed E-state index contributed by atoms with van der Waals surface area (Å²) in [6.45, 7) is 6.20. The summed E-state index contributed by atoms with van der Waals surface area (Å²) in [7, 11) is 1.55. The first-order valence-corrected chi connectivity index (χ1v) is 12.3. The van der Waals surface area contributed by atoms with Gasteiger partial charge in [0.15, 0.2) is 5.82 Å². The van der Waals surface area contributed by atoms with Crippen LogP contribution in [0.4, 0.5) is 16.3 Å². The van der Waals surface area contributed by atoms with Gasteiger partial charge in [0.25, 0.3) is 5.91 Å². The summed E-state index contributed by atoms with van der Waals surface area (Å²) in [6.07, 6.45) is 3.25. The number of H-pyrrole nitrogens is 1. The van der Waals surface area contributed by atoms with Gasteiger partial charge in [-0.3, -0.25) is 24.8 Å². The van der Waals surface area contributed by atoms with Gasteiger partial charge >= 0.3 is 6.03 Å². The molecule has 11 heteroatoms. The van der Waals surface area contributed by atoms with Crippen LogP contribution in [0.25, 0.3) is 16.7 Å². The maximum absolute atomic E-state index is 12.4. The van der Waals surface area contributed by atoms with Gasteiger partial charge in [-0.25, -0.2) is 9.78 Å². The molecule has 5 aromatic rings. The molecule has 4 N–H and O–H groups in total. The number of fused-ring (bicyclic) bond motifs is 1. The highest BCUT2D eigenvalue weighted by Crippen LogP contribution is 2.27. The van der Waals surface area contributed by atoms with Crippen LogP contribution in [0, 0.1) is 0 Å². The molecule has 3 aromatic heterocycles. The SMILES string of the molecule is CNC(=O)c1cc(Oc2ccc3c(c2)ncn3-c2ccc(NC(=O)Nc3cc(C(C)(C)C)[nH]n3)cc2)ccn1. The molecular formula is C28H28N8O3. The number of carbonyl (C=O) groups is 2. The third-order valence-electron chi connectivity index (χ3n) is 5.98. The number of urea groups is 1. The van der Waals surface area contributed by atoms with E-state index in [9.17, 15) is 9.59 Å². The van der Waals surface area contributed by atoms with E-state index in [2.05, 4.69) is 56.9 Å². The lowest BCUT2D eigenvalue weighted by Gasteiger charge is -2.14. The van der Waals surface area contributed by atoms with Crippen LogP contribution < -0.4 is 20.7 Å². The van der Waals surface area contributed by atoms with Gasteiger partial charge in [0, 0.05) is 53.9 Å². The number of aromatic amines is 1. The van der Waals surface area contributed by atoms with Gasteiger partial charge in [-0.2, -0.15) is 5.10 Å². The number of hydrogen-bond acceptors (Lipinski definition) is 6. The van der Waals surface area contributed by atoms with Crippen LogP contribution in [0.15, 0.2) is 73.2 Å². The van der Waals surface area contributed by atoms with E-state index in [0.717, 1.165) is 22.4 Å². The van der Waals surface area contributed by atoms with Gasteiger partial charge in [-0.1, -0.05) is 20.8 Å². The molecule has 0 aliphatic heterocycles. The Morgan fingerprint density at radius 1 is 0.923 bits per heavy atom. The van der Waals surface area contributed by atoms with E-state index >= 15 is 0 Å². The fourth-order valence-electron chi connectivity index (χ4n) is 3.88. The highest BCUT2D eigenvalue weighted by atomic mass is 16.5. The number of carbonyl (C=O) groups excluding carboxylic acids is 2. The summed E-state index contributed by atoms with van der Waals surface area (Å²) in [5.41, 5.74) is 4.24. The molecule has 0 fully saturated rings. The smallest absolute Gasteiger partial charge is 0.324 e. The van der Waals surface area contributed by atoms with Crippen molar-refractivity contribution >= 4 is 34.5 Å². The minimum atomic E-state index is -0.382. The summed E-state index contributed by atoms with van der Waals surface area (Å²) in [6, 6.07) is 17.7. The maximum Gasteiger partial charge on any atom is 0.324 e. The lowest BCUT2D eigenvalue weighted by Crippen LogP contribution is -2.19. The molecule has 5 rings (SSSR count). The van der Waals surface area contributed by atoms with Crippen molar-refractivity contribution in [2.24, 2.45) is 0 Å². The third-order valence-corrected chi connectivity index (χ3v) is 5.98. The van der Waals surface area contributed by atoms with Crippen LogP contribution in [0.3, 0.4) is 0 Å². The van der Waals surface area contributed by atoms with E-state index in [-0.39, 0.29) is 23.0 Å². The molecular weight excluding hydrogens is 496 g/mol. The highest BCUT2D eigenvalue weighted by Gasteiger charge is 2.17. The van der Waals surface area contributed by atoms with Crippen molar-refractivity contribution in [3.05, 3.63) is 84.6 Å². The zero-order chi connectivity index (χ0) is 27.6. The molecule has 0 spiro atoms. The van der Waals surface area contributed by atoms with Crippen LogP contribution in [-0.4, -0.2) is 43.7 Å². The Kier molecular flexibility index (Phi) is 6.72. The second-order valence-electron chi connectivity index (χ2n) is 9.87. The Morgan fingerprint density at radius 2 is 1.69 bits per heavy atom. The maximum atomic E-state index is 12.4. The molecule has 0 aliphatic rings. The molecule has 2 aromatic carbocycles. The molecule has 198 valence electrons. The number of nitrogens with zero attached hydrogens (tertiary/aromatic N) is 4. The average molecular weight is 525 g/mol. The number of nitrogens with one attached hydrogen (secondary N) is 4. The fourth-order valence-corrected chi connectivity index (χ4v) is 3.88. The monoisotopic (exact) mass is 524 g/mol. The number of hydrogen-bond donors (Lipinski definition) is 4. The largest absolute Gasteiger partial charge is 0.457 e. The highest BCUT2D eigenvalue weighted by molar-refractivity contribution is 5.99. The Hall–Kier alpha value is -5.19. The molecule has 0 aliphatic carbocycles. The fraction of sp³-hybridized carbons (Fsp3) is 0.179. The lowest BCUT2D eigenvalue weighted by atomic mass is 9.92. The quantitative estimate of drug-likeness (QED) is 0.240. The first-order chi connectivity index (χ1) is 18.7. The predicted octanol–water partition coefficient (Wildman–Crippen LogP) is 5.24. The number of benzene rings is 2. The summed E-state index contributed by atoms with van der Waals surface area (Å²) >= 11 is 0. The van der Waals surface area contributed by atoms with Crippen LogP contribution >= 0.6 is 0 Å². The number of pyridine rings is 1. The van der Waals surface area contributed by atoms with Crippen molar-refractivity contribution in [3.63, 3.8) is 0 Å². The normalized spacial score (nSPS) is 11.3. The standard InChI is InChI=1S/C28H28N8O3/c1-28(2,3)24-15-25(35-34-24)33-27(38)32-17-5-7-18(8-6-17)36-16-31-21-13-19(9-10-23(21)36)39-20-11-12-30-22(14-20)26(37)29-4/h5-16H,1-4H3,(H,29,37)(H3,32,33,34,35,38). The summed E-state index contributed by atoms with van der Waals surface area (Å²) in [5, 5.41) is 15.2. The van der Waals surface area contributed by atoms with E-state index in [1.807, 2.05) is 53.1 Å². The molecule has 3 heterocycles. The minimum absolute atomic E-state index is 0.0944. The molecule has 0 saturated carbocycles. The van der Waals surface area contributed by atoms with Crippen molar-refractivity contribution in [1.82, 2.24) is 30.0 Å². The number of rotatable bonds is 6. The Bertz CT molecular complexity index is 1650. The summed E-state index contributed by atoms with van der Waals surface area (Å²) in [5.74, 6) is 1.25. The third kappa shape index (κ3) is 5.72. The zero-order valence-corrected chi connectivity index (χ0v) is 21.9. The molecule has 0 unspecified atom stereocenters. The van der Waals surface area contributed by atoms with E-state index in [1.165, 1.54) is 6.20 Å². The van der Waals surface area contributed by atoms with Crippen molar-refractivity contribution in [2.75, 3.05) is 17.7 Å². The van der Waals surface area contributed by atoms with E-state index in [1.54, 1.807) is 25.5 Å². The van der Waals surface area contributed by atoms with Gasteiger partial charge in [-0.05, 0) is 42.5 Å². The molecule has 39 heavy (non-hydrogen) atoms. The zero-order valence-electron chi connectivity index (χ0n) is 21.9. The Balaban J connectivity index is 1.26. The molecule has 0 radical (unpaired) electrons. The van der Waals surface area contributed by atoms with E-state index in [4.69, 9.17) is 4.74 Å². The number of aromatic nitrogens is 5. The van der Waals surface area contributed by atoms with Crippen LogP contribution in [-0.2, 0) is 5.41 Å². The number of anilines is 2. The first-order valence-electron chi connectivity index (χ1n) is 12.3. The van der Waals surface area contributed by atoms with Crippen LogP contribution in [0.2, 0.25) is 0 Å². The molecule has 3 amide bonds. The lowest BCUT2D eigenvalue weighted by molar-refractivity contribution is 0.0957. The van der Waals surface area contributed by atoms with E-state index < -0.39 is 0 Å². The van der Waals surface area contributed by atoms with Crippen molar-refractivity contribution in [3.8, 4) is 17.2 Å². The first kappa shape index (κ1) is 25.5. The van der Waals surface area contributed by atoms with Gasteiger partial charge in [0.05, 0.1) is 11.0 Å². The molecule has 0 bridgehead atoms. The molecule has 11 nitrogen and oxygen atoms in total. The number of ether oxygens (including phenoxy) is 1. The second-order valence-corrected chi connectivity index (χ2v) is 9.87. The van der Waals surface area contributed by atoms with E-state index in [0.29, 0.717) is 23.0 Å². The summed E-state index contributed by atoms with van der Waals surface area (Å²) in [4.78, 5) is 32.8. The Labute approximate surface area is 224 Å². The van der Waals surface area contributed by atoms with Crippen LogP contribution in [0.5, 0.6) is 11.5 Å². The van der Waals surface area contributed by atoms with Gasteiger partial charge < -0.3 is 15.4 Å². The predicted molar refractivity (Wildman–Crippen MR) is 149 cm³/mol. The minimum Gasteiger partial charge on any atom is -0.457 e. The second kappa shape index (κ2) is 10.3. The van der Waals surface area contributed by atoms with Crippen molar-refractivity contribution in [1.29, 1.82) is 0 Å². The number of imidazole rings is 1. The number of amides is 3. The van der Waals surface area contributed by atoms with Crippen molar-refractivity contribution < 1.29 is 14.3 Å². The Morgan fingerprint density at radius 3 is 2.41 bits per heavy atom. The van der Waals surface area contributed by atoms with Gasteiger partial charge in [-0.15, -0.1) is 0 Å². The summed E-state index contributed by atoms with van der Waals surface area (Å²) < 4.78 is 7.87.